The molecule has 2 heterocycles. The molecule has 2 aromatic carbocycles. The summed E-state index contributed by atoms with van der Waals surface area (Å²) in [5, 5.41) is 2.87. The van der Waals surface area contributed by atoms with Crippen molar-refractivity contribution in [3.05, 3.63) is 95.3 Å². The number of anilines is 1. The van der Waals surface area contributed by atoms with Gasteiger partial charge in [0.25, 0.3) is 11.8 Å². The van der Waals surface area contributed by atoms with Crippen LogP contribution in [0.15, 0.2) is 73.1 Å². The Hall–Kier alpha value is -3.47. The fourth-order valence-corrected chi connectivity index (χ4v) is 3.25. The zero-order valence-electron chi connectivity index (χ0n) is 14.8. The lowest BCUT2D eigenvalue weighted by atomic mass is 10.1. The molecule has 5 heteroatoms. The fourth-order valence-electron chi connectivity index (χ4n) is 3.25. The molecular formula is C22H19N3O2. The first-order valence-corrected chi connectivity index (χ1v) is 8.89. The molecule has 5 nitrogen and oxygen atoms in total. The van der Waals surface area contributed by atoms with Gasteiger partial charge in [-0.05, 0) is 60.0 Å². The van der Waals surface area contributed by atoms with Crippen molar-refractivity contribution in [2.75, 3.05) is 11.4 Å². The van der Waals surface area contributed by atoms with Gasteiger partial charge in [-0.1, -0.05) is 18.2 Å². The van der Waals surface area contributed by atoms with E-state index in [-0.39, 0.29) is 11.8 Å². The van der Waals surface area contributed by atoms with Crippen LogP contribution in [0.1, 0.15) is 31.8 Å². The molecular weight excluding hydrogens is 338 g/mol. The van der Waals surface area contributed by atoms with Crippen molar-refractivity contribution in [3.63, 3.8) is 0 Å². The summed E-state index contributed by atoms with van der Waals surface area (Å²) in [6.45, 7) is 1.12. The number of nitrogens with zero attached hydrogens (tertiary/aromatic N) is 2. The molecule has 1 aromatic heterocycles. The summed E-state index contributed by atoms with van der Waals surface area (Å²) in [6.07, 6.45) is 4.26. The second-order valence-electron chi connectivity index (χ2n) is 6.45. The Balaban J connectivity index is 1.43. The van der Waals surface area contributed by atoms with E-state index in [4.69, 9.17) is 0 Å². The van der Waals surface area contributed by atoms with Crippen LogP contribution in [0.4, 0.5) is 5.69 Å². The summed E-state index contributed by atoms with van der Waals surface area (Å²) in [6, 6.07) is 18.5. The van der Waals surface area contributed by atoms with Crippen LogP contribution >= 0.6 is 0 Å². The first-order chi connectivity index (χ1) is 13.2. The topological polar surface area (TPSA) is 62.3 Å². The van der Waals surface area contributed by atoms with Crippen LogP contribution in [-0.2, 0) is 13.0 Å². The van der Waals surface area contributed by atoms with Gasteiger partial charge in [-0.3, -0.25) is 14.6 Å². The SMILES string of the molecule is O=C(NCc1ccncc1)c1ccc(C(=O)N2CCc3ccccc32)cc1. The lowest BCUT2D eigenvalue weighted by Gasteiger charge is -2.17. The second kappa shape index (κ2) is 7.41. The summed E-state index contributed by atoms with van der Waals surface area (Å²) < 4.78 is 0. The largest absolute Gasteiger partial charge is 0.348 e. The molecule has 4 rings (SSSR count). The molecule has 0 fully saturated rings. The molecule has 1 aliphatic rings. The van der Waals surface area contributed by atoms with Crippen molar-refractivity contribution in [3.8, 4) is 0 Å². The number of rotatable bonds is 4. The van der Waals surface area contributed by atoms with E-state index in [1.165, 1.54) is 5.56 Å². The van der Waals surface area contributed by atoms with Crippen molar-refractivity contribution in [2.45, 2.75) is 13.0 Å². The van der Waals surface area contributed by atoms with E-state index in [0.717, 1.165) is 17.7 Å². The van der Waals surface area contributed by atoms with E-state index in [9.17, 15) is 9.59 Å². The van der Waals surface area contributed by atoms with Gasteiger partial charge in [-0.25, -0.2) is 0 Å². The van der Waals surface area contributed by atoms with E-state index < -0.39 is 0 Å². The molecule has 0 saturated carbocycles. The van der Waals surface area contributed by atoms with E-state index in [1.54, 1.807) is 41.6 Å². The number of amides is 2. The average molecular weight is 357 g/mol. The molecule has 0 atom stereocenters. The predicted octanol–water partition coefficient (Wildman–Crippen LogP) is 3.21. The van der Waals surface area contributed by atoms with Crippen LogP contribution in [0, 0.1) is 0 Å². The van der Waals surface area contributed by atoms with Gasteiger partial charge in [0.1, 0.15) is 0 Å². The Morgan fingerprint density at radius 3 is 2.41 bits per heavy atom. The second-order valence-corrected chi connectivity index (χ2v) is 6.45. The zero-order valence-corrected chi connectivity index (χ0v) is 14.8. The van der Waals surface area contributed by atoms with Crippen LogP contribution in [0.3, 0.4) is 0 Å². The molecule has 27 heavy (non-hydrogen) atoms. The number of hydrogen-bond acceptors (Lipinski definition) is 3. The Kier molecular flexibility index (Phi) is 4.66. The van der Waals surface area contributed by atoms with E-state index in [2.05, 4.69) is 16.4 Å². The van der Waals surface area contributed by atoms with Crippen LogP contribution < -0.4 is 10.2 Å². The zero-order chi connectivity index (χ0) is 18.6. The summed E-state index contributed by atoms with van der Waals surface area (Å²) in [4.78, 5) is 30.9. The van der Waals surface area contributed by atoms with Gasteiger partial charge in [0, 0.05) is 42.3 Å². The van der Waals surface area contributed by atoms with Crippen LogP contribution in [0.5, 0.6) is 0 Å². The predicted molar refractivity (Wildman–Crippen MR) is 104 cm³/mol. The number of nitrogens with one attached hydrogen (secondary N) is 1. The summed E-state index contributed by atoms with van der Waals surface area (Å²) in [7, 11) is 0. The number of pyridine rings is 1. The lowest BCUT2D eigenvalue weighted by Crippen LogP contribution is -2.29. The van der Waals surface area contributed by atoms with Gasteiger partial charge in [-0.2, -0.15) is 0 Å². The van der Waals surface area contributed by atoms with Crippen molar-refractivity contribution >= 4 is 17.5 Å². The van der Waals surface area contributed by atoms with E-state index in [1.807, 2.05) is 30.3 Å². The molecule has 0 saturated heterocycles. The monoisotopic (exact) mass is 357 g/mol. The minimum Gasteiger partial charge on any atom is -0.348 e. The molecule has 1 aliphatic heterocycles. The maximum absolute atomic E-state index is 12.8. The molecule has 0 spiro atoms. The summed E-state index contributed by atoms with van der Waals surface area (Å²) >= 11 is 0. The highest BCUT2D eigenvalue weighted by atomic mass is 16.2. The number of fused-ring (bicyclic) bond motifs is 1. The Morgan fingerprint density at radius 1 is 0.926 bits per heavy atom. The highest BCUT2D eigenvalue weighted by molar-refractivity contribution is 6.07. The highest BCUT2D eigenvalue weighted by Gasteiger charge is 2.25. The number of carbonyl (C=O) groups excluding carboxylic acids is 2. The van der Waals surface area contributed by atoms with E-state index in [0.29, 0.717) is 24.2 Å². The normalized spacial score (nSPS) is 12.5. The third-order valence-electron chi connectivity index (χ3n) is 4.73. The van der Waals surface area contributed by atoms with Crippen molar-refractivity contribution in [1.82, 2.24) is 10.3 Å². The van der Waals surface area contributed by atoms with Gasteiger partial charge >= 0.3 is 0 Å². The molecule has 0 bridgehead atoms. The van der Waals surface area contributed by atoms with Crippen LogP contribution in [0.25, 0.3) is 0 Å². The molecule has 0 unspecified atom stereocenters. The van der Waals surface area contributed by atoms with Crippen LogP contribution in [0.2, 0.25) is 0 Å². The van der Waals surface area contributed by atoms with Gasteiger partial charge in [0.15, 0.2) is 0 Å². The molecule has 0 aliphatic carbocycles. The van der Waals surface area contributed by atoms with Crippen molar-refractivity contribution in [1.29, 1.82) is 0 Å². The Morgan fingerprint density at radius 2 is 1.63 bits per heavy atom. The molecule has 0 radical (unpaired) electrons. The minimum atomic E-state index is -0.169. The van der Waals surface area contributed by atoms with Gasteiger partial charge in [0.2, 0.25) is 0 Å². The molecule has 3 aromatic rings. The van der Waals surface area contributed by atoms with Crippen LogP contribution in [-0.4, -0.2) is 23.3 Å². The van der Waals surface area contributed by atoms with Crippen molar-refractivity contribution in [2.24, 2.45) is 0 Å². The van der Waals surface area contributed by atoms with Crippen molar-refractivity contribution < 1.29 is 9.59 Å². The summed E-state index contributed by atoms with van der Waals surface area (Å²) in [5.74, 6) is -0.207. The fraction of sp³-hybridized carbons (Fsp3) is 0.136. The van der Waals surface area contributed by atoms with Gasteiger partial charge in [-0.15, -0.1) is 0 Å². The first-order valence-electron chi connectivity index (χ1n) is 8.89. The quantitative estimate of drug-likeness (QED) is 0.780. The Labute approximate surface area is 157 Å². The number of benzene rings is 2. The average Bonchev–Trinajstić information content (AvgIpc) is 3.16. The summed E-state index contributed by atoms with van der Waals surface area (Å²) in [5.41, 5.74) is 4.26. The molecule has 134 valence electrons. The molecule has 1 N–H and O–H groups in total. The van der Waals surface area contributed by atoms with E-state index >= 15 is 0 Å². The number of hydrogen-bond donors (Lipinski definition) is 1. The Bertz CT molecular complexity index is 968. The maximum Gasteiger partial charge on any atom is 0.258 e. The first kappa shape index (κ1) is 17.0. The lowest BCUT2D eigenvalue weighted by molar-refractivity contribution is 0.0947. The van der Waals surface area contributed by atoms with Gasteiger partial charge < -0.3 is 10.2 Å². The minimum absolute atomic E-state index is 0.0382. The number of carbonyl (C=O) groups is 2. The smallest absolute Gasteiger partial charge is 0.258 e. The third kappa shape index (κ3) is 3.58. The molecule has 2 amide bonds. The number of aromatic nitrogens is 1. The van der Waals surface area contributed by atoms with Gasteiger partial charge in [0.05, 0.1) is 0 Å². The third-order valence-corrected chi connectivity index (χ3v) is 4.73. The standard InChI is InChI=1S/C22H19N3O2/c26-21(24-15-16-9-12-23-13-10-16)18-5-7-19(8-6-18)22(27)25-14-11-17-3-1-2-4-20(17)25/h1-10,12-13H,11,14-15H2,(H,24,26). The highest BCUT2D eigenvalue weighted by Crippen LogP contribution is 2.28. The maximum atomic E-state index is 12.8. The number of para-hydroxylation sites is 1.